The first-order chi connectivity index (χ1) is 12.4. The first kappa shape index (κ1) is 17.5. The van der Waals surface area contributed by atoms with Crippen molar-refractivity contribution in [3.05, 3.63) is 18.3 Å². The molecule has 0 aromatic carbocycles. The van der Waals surface area contributed by atoms with Gasteiger partial charge in [-0.15, -0.1) is 0 Å². The molecule has 2 saturated heterocycles. The zero-order valence-electron chi connectivity index (χ0n) is 15.1. The van der Waals surface area contributed by atoms with Gasteiger partial charge in [0.05, 0.1) is 31.7 Å². The van der Waals surface area contributed by atoms with Gasteiger partial charge in [0.15, 0.2) is 5.65 Å². The highest BCUT2D eigenvalue weighted by Gasteiger charge is 2.27. The molecular formula is C16H24N6O3S. The summed E-state index contributed by atoms with van der Waals surface area (Å²) in [4.78, 5) is 9.19. The van der Waals surface area contributed by atoms with Crippen molar-refractivity contribution in [2.45, 2.75) is 13.0 Å². The minimum Gasteiger partial charge on any atom is -0.377 e. The van der Waals surface area contributed by atoms with Crippen molar-refractivity contribution in [2.75, 3.05) is 62.0 Å². The molecule has 0 bridgehead atoms. The lowest BCUT2D eigenvalue weighted by Crippen LogP contribution is -2.49. The molecular weight excluding hydrogens is 356 g/mol. The highest BCUT2D eigenvalue weighted by Crippen LogP contribution is 2.26. The van der Waals surface area contributed by atoms with Gasteiger partial charge in [-0.25, -0.2) is 13.4 Å². The molecule has 0 aliphatic carbocycles. The van der Waals surface area contributed by atoms with Crippen LogP contribution in [0.1, 0.15) is 6.92 Å². The molecule has 2 aliphatic rings. The van der Waals surface area contributed by atoms with E-state index in [9.17, 15) is 8.42 Å². The van der Waals surface area contributed by atoms with Gasteiger partial charge in [0.2, 0.25) is 10.0 Å². The third kappa shape index (κ3) is 3.24. The van der Waals surface area contributed by atoms with E-state index in [2.05, 4.69) is 27.9 Å². The van der Waals surface area contributed by atoms with Crippen molar-refractivity contribution in [1.82, 2.24) is 18.9 Å². The standard InChI is InChI=1S/C16H24N6O3S/c1-13-12-25-10-9-21(13)15-11-16(22-14(18-15)3-4-17-22)19-5-7-20(8-6-19)26(2,23)24/h3-4,11,13H,5-10,12H2,1-2H3/t13-/m1/s1. The Hall–Kier alpha value is -1.91. The maximum absolute atomic E-state index is 11.8. The third-order valence-electron chi connectivity index (χ3n) is 5.02. The van der Waals surface area contributed by atoms with Crippen LogP contribution in [0.2, 0.25) is 0 Å². The Morgan fingerprint density at radius 3 is 2.65 bits per heavy atom. The second kappa shape index (κ2) is 6.67. The van der Waals surface area contributed by atoms with Gasteiger partial charge in [-0.05, 0) is 6.92 Å². The fourth-order valence-electron chi connectivity index (χ4n) is 3.57. The molecule has 0 unspecified atom stereocenters. The van der Waals surface area contributed by atoms with Crippen LogP contribution < -0.4 is 9.80 Å². The number of fused-ring (bicyclic) bond motifs is 1. The van der Waals surface area contributed by atoms with Gasteiger partial charge >= 0.3 is 0 Å². The summed E-state index contributed by atoms with van der Waals surface area (Å²) in [6.45, 7) is 6.54. The van der Waals surface area contributed by atoms with Gasteiger partial charge in [0.1, 0.15) is 11.6 Å². The third-order valence-corrected chi connectivity index (χ3v) is 6.32. The number of morpholine rings is 1. The molecule has 2 aliphatic heterocycles. The van der Waals surface area contributed by atoms with Crippen molar-refractivity contribution in [1.29, 1.82) is 0 Å². The lowest BCUT2D eigenvalue weighted by atomic mass is 10.2. The molecule has 10 heteroatoms. The van der Waals surface area contributed by atoms with Crippen molar-refractivity contribution >= 4 is 27.3 Å². The van der Waals surface area contributed by atoms with Gasteiger partial charge < -0.3 is 14.5 Å². The summed E-state index contributed by atoms with van der Waals surface area (Å²) in [5.41, 5.74) is 0.793. The van der Waals surface area contributed by atoms with Crippen molar-refractivity contribution < 1.29 is 13.2 Å². The smallest absolute Gasteiger partial charge is 0.211 e. The molecule has 2 fully saturated rings. The largest absolute Gasteiger partial charge is 0.377 e. The molecule has 142 valence electrons. The van der Waals surface area contributed by atoms with Crippen molar-refractivity contribution in [3.63, 3.8) is 0 Å². The van der Waals surface area contributed by atoms with Crippen molar-refractivity contribution in [2.24, 2.45) is 0 Å². The van der Waals surface area contributed by atoms with E-state index in [1.807, 2.05) is 10.6 Å². The van der Waals surface area contributed by atoms with Crippen LogP contribution in [0.3, 0.4) is 0 Å². The average molecular weight is 380 g/mol. The first-order valence-electron chi connectivity index (χ1n) is 8.83. The van der Waals surface area contributed by atoms with Crippen LogP contribution in [0.15, 0.2) is 18.3 Å². The monoisotopic (exact) mass is 380 g/mol. The highest BCUT2D eigenvalue weighted by atomic mass is 32.2. The van der Waals surface area contributed by atoms with E-state index in [1.54, 1.807) is 6.20 Å². The summed E-state index contributed by atoms with van der Waals surface area (Å²) >= 11 is 0. The topological polar surface area (TPSA) is 83.3 Å². The van der Waals surface area contributed by atoms with Crippen molar-refractivity contribution in [3.8, 4) is 0 Å². The van der Waals surface area contributed by atoms with Gasteiger partial charge in [0, 0.05) is 44.9 Å². The van der Waals surface area contributed by atoms with E-state index in [4.69, 9.17) is 9.72 Å². The molecule has 0 spiro atoms. The normalized spacial score (nSPS) is 22.9. The number of ether oxygens (including phenoxy) is 1. The van der Waals surface area contributed by atoms with Crippen LogP contribution in [0.25, 0.3) is 5.65 Å². The lowest BCUT2D eigenvalue weighted by Gasteiger charge is -2.37. The Bertz CT molecular complexity index is 891. The van der Waals surface area contributed by atoms with E-state index in [-0.39, 0.29) is 6.04 Å². The summed E-state index contributed by atoms with van der Waals surface area (Å²) < 4.78 is 32.4. The van der Waals surface area contributed by atoms with E-state index >= 15 is 0 Å². The number of nitrogens with zero attached hydrogens (tertiary/aromatic N) is 6. The molecule has 0 amide bonds. The minimum atomic E-state index is -3.15. The first-order valence-corrected chi connectivity index (χ1v) is 10.7. The van der Waals surface area contributed by atoms with Crippen LogP contribution in [-0.4, -0.2) is 85.6 Å². The molecule has 0 N–H and O–H groups in total. The number of sulfonamides is 1. The molecule has 9 nitrogen and oxygen atoms in total. The van der Waals surface area contributed by atoms with E-state index in [0.29, 0.717) is 39.4 Å². The molecule has 4 heterocycles. The fraction of sp³-hybridized carbons (Fsp3) is 0.625. The molecule has 4 rings (SSSR count). The maximum atomic E-state index is 11.8. The van der Waals surface area contributed by atoms with Crippen LogP contribution in [0, 0.1) is 0 Å². The predicted octanol–water partition coefficient (Wildman–Crippen LogP) is 0.0360. The van der Waals surface area contributed by atoms with Gasteiger partial charge in [-0.2, -0.15) is 13.9 Å². The Morgan fingerprint density at radius 2 is 1.96 bits per heavy atom. The zero-order valence-corrected chi connectivity index (χ0v) is 15.9. The molecule has 2 aromatic heterocycles. The summed E-state index contributed by atoms with van der Waals surface area (Å²) in [5, 5.41) is 4.40. The number of aromatic nitrogens is 3. The highest BCUT2D eigenvalue weighted by molar-refractivity contribution is 7.88. The van der Waals surface area contributed by atoms with Gasteiger partial charge in [-0.3, -0.25) is 0 Å². The maximum Gasteiger partial charge on any atom is 0.211 e. The van der Waals surface area contributed by atoms with Crippen LogP contribution in [0.5, 0.6) is 0 Å². The number of piperazine rings is 1. The molecule has 1 atom stereocenters. The Morgan fingerprint density at radius 1 is 1.19 bits per heavy atom. The Balaban J connectivity index is 1.65. The number of hydrogen-bond donors (Lipinski definition) is 0. The molecule has 2 aromatic rings. The Kier molecular flexibility index (Phi) is 4.49. The van der Waals surface area contributed by atoms with Gasteiger partial charge in [-0.1, -0.05) is 0 Å². The fourth-order valence-corrected chi connectivity index (χ4v) is 4.40. The zero-order chi connectivity index (χ0) is 18.3. The summed E-state index contributed by atoms with van der Waals surface area (Å²) in [6.07, 6.45) is 3.00. The van der Waals surface area contributed by atoms with Gasteiger partial charge in [0.25, 0.3) is 0 Å². The predicted molar refractivity (Wildman–Crippen MR) is 99.2 cm³/mol. The van der Waals surface area contributed by atoms with E-state index in [1.165, 1.54) is 10.6 Å². The second-order valence-corrected chi connectivity index (χ2v) is 8.82. The summed E-state index contributed by atoms with van der Waals surface area (Å²) in [5.74, 6) is 1.86. The average Bonchev–Trinajstić information content (AvgIpc) is 3.09. The van der Waals surface area contributed by atoms with E-state index in [0.717, 1.165) is 23.8 Å². The second-order valence-electron chi connectivity index (χ2n) is 6.84. The molecule has 0 saturated carbocycles. The van der Waals surface area contributed by atoms with E-state index < -0.39 is 10.0 Å². The van der Waals surface area contributed by atoms with Crippen LogP contribution in [-0.2, 0) is 14.8 Å². The number of rotatable bonds is 3. The minimum absolute atomic E-state index is 0.261. The lowest BCUT2D eigenvalue weighted by molar-refractivity contribution is 0.0985. The number of hydrogen-bond acceptors (Lipinski definition) is 7. The van der Waals surface area contributed by atoms with Crippen LogP contribution >= 0.6 is 0 Å². The SMILES string of the molecule is C[C@@H]1COCCN1c1cc(N2CCN(S(C)(=O)=O)CC2)n2nccc2n1. The quantitative estimate of drug-likeness (QED) is 0.743. The molecule has 0 radical (unpaired) electrons. The van der Waals surface area contributed by atoms with Crippen LogP contribution in [0.4, 0.5) is 11.6 Å². The Labute approximate surface area is 153 Å². The summed E-state index contributed by atoms with van der Waals surface area (Å²) in [7, 11) is -3.15. The summed E-state index contributed by atoms with van der Waals surface area (Å²) in [6, 6.07) is 4.21. The number of anilines is 2. The molecule has 26 heavy (non-hydrogen) atoms.